The molecule has 160 valence electrons. The summed E-state index contributed by atoms with van der Waals surface area (Å²) in [7, 11) is 0. The summed E-state index contributed by atoms with van der Waals surface area (Å²) in [6, 6.07) is 29.0. The monoisotopic (exact) mass is 443 g/mol. The Balaban J connectivity index is 1.25. The zero-order valence-corrected chi connectivity index (χ0v) is 18.0. The Kier molecular flexibility index (Phi) is 7.00. The van der Waals surface area contributed by atoms with Crippen molar-refractivity contribution in [3.8, 4) is 5.75 Å². The van der Waals surface area contributed by atoms with Crippen LogP contribution >= 0.6 is 11.6 Å². The number of hydrogen-bond donors (Lipinski definition) is 2. The summed E-state index contributed by atoms with van der Waals surface area (Å²) >= 11 is 6.14. The lowest BCUT2D eigenvalue weighted by molar-refractivity contribution is -0.119. The highest BCUT2D eigenvalue weighted by Crippen LogP contribution is 2.22. The molecule has 0 atom stereocenters. The molecule has 32 heavy (non-hydrogen) atoms. The fraction of sp³-hybridized carbons (Fsp3) is 0.0769. The van der Waals surface area contributed by atoms with Gasteiger partial charge in [-0.3, -0.25) is 4.79 Å². The second-order valence-corrected chi connectivity index (χ2v) is 7.53. The third kappa shape index (κ3) is 5.65. The second kappa shape index (κ2) is 10.5. The maximum Gasteiger partial charge on any atom is 0.259 e. The van der Waals surface area contributed by atoms with Crippen molar-refractivity contribution in [3.05, 3.63) is 107 Å². The minimum Gasteiger partial charge on any atom is -0.489 e. The van der Waals surface area contributed by atoms with Crippen molar-refractivity contribution in [1.29, 1.82) is 0 Å². The molecule has 4 aromatic carbocycles. The molecule has 2 N–H and O–H groups in total. The van der Waals surface area contributed by atoms with Crippen molar-refractivity contribution in [2.75, 3.05) is 11.9 Å². The largest absolute Gasteiger partial charge is 0.489 e. The molecule has 0 aliphatic rings. The van der Waals surface area contributed by atoms with Crippen molar-refractivity contribution in [2.45, 2.75) is 6.61 Å². The third-order valence-corrected chi connectivity index (χ3v) is 5.23. The number of rotatable bonds is 8. The van der Waals surface area contributed by atoms with Crippen LogP contribution in [0.1, 0.15) is 11.1 Å². The molecule has 0 bridgehead atoms. The van der Waals surface area contributed by atoms with Crippen LogP contribution in [0.15, 0.2) is 96.1 Å². The van der Waals surface area contributed by atoms with Crippen LogP contribution in [0.25, 0.3) is 10.8 Å². The first kappa shape index (κ1) is 21.4. The summed E-state index contributed by atoms with van der Waals surface area (Å²) in [4.78, 5) is 12.1. The third-order valence-electron chi connectivity index (χ3n) is 4.86. The predicted octanol–water partition coefficient (Wildman–Crippen LogP) is 5.63. The van der Waals surface area contributed by atoms with Crippen molar-refractivity contribution in [2.24, 2.45) is 5.10 Å². The Morgan fingerprint density at radius 3 is 2.50 bits per heavy atom. The fourth-order valence-corrected chi connectivity index (χ4v) is 3.39. The molecule has 4 rings (SSSR count). The Hall–Kier alpha value is -3.83. The van der Waals surface area contributed by atoms with Gasteiger partial charge < -0.3 is 10.1 Å². The minimum absolute atomic E-state index is 0.125. The smallest absolute Gasteiger partial charge is 0.259 e. The van der Waals surface area contributed by atoms with Crippen molar-refractivity contribution in [1.82, 2.24) is 5.43 Å². The molecule has 0 radical (unpaired) electrons. The number of hydrogen-bond acceptors (Lipinski definition) is 4. The van der Waals surface area contributed by atoms with E-state index in [0.29, 0.717) is 11.6 Å². The molecule has 0 unspecified atom stereocenters. The van der Waals surface area contributed by atoms with Gasteiger partial charge >= 0.3 is 0 Å². The molecule has 1 amide bonds. The molecule has 0 fully saturated rings. The van der Waals surface area contributed by atoms with Gasteiger partial charge in [0.05, 0.1) is 12.8 Å². The van der Waals surface area contributed by atoms with E-state index in [2.05, 4.69) is 15.8 Å². The summed E-state index contributed by atoms with van der Waals surface area (Å²) in [5.74, 6) is 0.499. The van der Waals surface area contributed by atoms with Gasteiger partial charge in [-0.2, -0.15) is 5.10 Å². The topological polar surface area (TPSA) is 62.7 Å². The average Bonchev–Trinajstić information content (AvgIpc) is 2.83. The fourth-order valence-electron chi connectivity index (χ4n) is 3.20. The van der Waals surface area contributed by atoms with Crippen molar-refractivity contribution < 1.29 is 9.53 Å². The normalized spacial score (nSPS) is 10.9. The molecular formula is C26H22ClN3O2. The van der Waals surface area contributed by atoms with Crippen LogP contribution in [0, 0.1) is 0 Å². The van der Waals surface area contributed by atoms with Gasteiger partial charge in [0.25, 0.3) is 5.91 Å². The number of carbonyl (C=O) groups excluding carboxylic acids is 1. The van der Waals surface area contributed by atoms with Crippen LogP contribution in [0.2, 0.25) is 5.02 Å². The number of fused-ring (bicyclic) bond motifs is 1. The SMILES string of the molecule is O=C(CNc1cccc2ccccc12)N/N=C\c1ccc(OCc2ccccc2Cl)cc1. The van der Waals surface area contributed by atoms with E-state index in [1.165, 1.54) is 0 Å². The summed E-state index contributed by atoms with van der Waals surface area (Å²) in [5.41, 5.74) is 5.23. The van der Waals surface area contributed by atoms with Gasteiger partial charge in [0.1, 0.15) is 12.4 Å². The number of ether oxygens (including phenoxy) is 1. The summed E-state index contributed by atoms with van der Waals surface area (Å²) in [5, 5.41) is 10.1. The zero-order valence-electron chi connectivity index (χ0n) is 17.3. The lowest BCUT2D eigenvalue weighted by Gasteiger charge is -2.09. The molecule has 0 spiro atoms. The lowest BCUT2D eigenvalue weighted by atomic mass is 10.1. The highest BCUT2D eigenvalue weighted by molar-refractivity contribution is 6.31. The second-order valence-electron chi connectivity index (χ2n) is 7.12. The quantitative estimate of drug-likeness (QED) is 0.274. The number of benzene rings is 4. The van der Waals surface area contributed by atoms with Crippen LogP contribution in [0.4, 0.5) is 5.69 Å². The van der Waals surface area contributed by atoms with Gasteiger partial charge in [-0.05, 0) is 47.3 Å². The van der Waals surface area contributed by atoms with Gasteiger partial charge in [-0.1, -0.05) is 66.2 Å². The van der Waals surface area contributed by atoms with Crippen molar-refractivity contribution in [3.63, 3.8) is 0 Å². The van der Waals surface area contributed by atoms with Gasteiger partial charge in [0.2, 0.25) is 0 Å². The Morgan fingerprint density at radius 1 is 0.906 bits per heavy atom. The Labute approximate surface area is 191 Å². The Morgan fingerprint density at radius 2 is 1.66 bits per heavy atom. The molecule has 0 aromatic heterocycles. The number of anilines is 1. The number of halogens is 1. The molecule has 0 saturated carbocycles. The van der Waals surface area contributed by atoms with Gasteiger partial charge in [-0.15, -0.1) is 0 Å². The Bertz CT molecular complexity index is 1230. The van der Waals surface area contributed by atoms with E-state index in [1.807, 2.05) is 91.0 Å². The molecule has 0 aliphatic carbocycles. The van der Waals surface area contributed by atoms with Gasteiger partial charge in [-0.25, -0.2) is 5.43 Å². The van der Waals surface area contributed by atoms with E-state index in [9.17, 15) is 4.79 Å². The highest BCUT2D eigenvalue weighted by atomic mass is 35.5. The molecule has 0 aliphatic heterocycles. The van der Waals surface area contributed by atoms with E-state index in [1.54, 1.807) is 6.21 Å². The number of nitrogens with zero attached hydrogens (tertiary/aromatic N) is 1. The van der Waals surface area contributed by atoms with Crippen LogP contribution in [0.5, 0.6) is 5.75 Å². The van der Waals surface area contributed by atoms with E-state index in [4.69, 9.17) is 16.3 Å². The van der Waals surface area contributed by atoms with E-state index in [-0.39, 0.29) is 12.5 Å². The van der Waals surface area contributed by atoms with E-state index < -0.39 is 0 Å². The number of amides is 1. The maximum atomic E-state index is 12.1. The maximum absolute atomic E-state index is 12.1. The zero-order chi connectivity index (χ0) is 22.2. The first-order chi connectivity index (χ1) is 15.7. The molecule has 0 saturated heterocycles. The predicted molar refractivity (Wildman–Crippen MR) is 130 cm³/mol. The van der Waals surface area contributed by atoms with Crippen LogP contribution < -0.4 is 15.5 Å². The lowest BCUT2D eigenvalue weighted by Crippen LogP contribution is -2.25. The van der Waals surface area contributed by atoms with Crippen LogP contribution in [-0.2, 0) is 11.4 Å². The van der Waals surface area contributed by atoms with E-state index in [0.717, 1.165) is 33.3 Å². The molecule has 0 heterocycles. The molecule has 6 heteroatoms. The molecule has 5 nitrogen and oxygen atoms in total. The first-order valence-electron chi connectivity index (χ1n) is 10.2. The molecular weight excluding hydrogens is 422 g/mol. The summed E-state index contributed by atoms with van der Waals surface area (Å²) in [6.45, 7) is 0.521. The minimum atomic E-state index is -0.228. The average molecular weight is 444 g/mol. The molecule has 4 aromatic rings. The summed E-state index contributed by atoms with van der Waals surface area (Å²) in [6.07, 6.45) is 1.59. The van der Waals surface area contributed by atoms with Crippen LogP contribution in [-0.4, -0.2) is 18.7 Å². The van der Waals surface area contributed by atoms with Gasteiger partial charge in [0.15, 0.2) is 0 Å². The standard InChI is InChI=1S/C26H22ClN3O2/c27-24-10-4-2-7-21(24)18-32-22-14-12-19(13-15-22)16-29-30-26(31)17-28-25-11-5-8-20-6-1-3-9-23(20)25/h1-16,28H,17-18H2,(H,30,31)/b29-16-. The number of nitrogens with one attached hydrogen (secondary N) is 2. The highest BCUT2D eigenvalue weighted by Gasteiger charge is 2.03. The van der Waals surface area contributed by atoms with Crippen LogP contribution in [0.3, 0.4) is 0 Å². The number of hydrazone groups is 1. The van der Waals surface area contributed by atoms with Crippen molar-refractivity contribution >= 4 is 40.2 Å². The van der Waals surface area contributed by atoms with E-state index >= 15 is 0 Å². The van der Waals surface area contributed by atoms with Gasteiger partial charge in [0, 0.05) is 21.7 Å². The summed E-state index contributed by atoms with van der Waals surface area (Å²) < 4.78 is 5.77. The number of carbonyl (C=O) groups is 1. The first-order valence-corrected chi connectivity index (χ1v) is 10.6.